The van der Waals surface area contributed by atoms with Gasteiger partial charge in [-0.1, -0.05) is 112 Å². The van der Waals surface area contributed by atoms with Gasteiger partial charge in [0.05, 0.1) is 39.6 Å². The highest BCUT2D eigenvalue weighted by Crippen LogP contribution is 2.47. The number of esters is 1. The molecular weight excluding hydrogens is 741 g/mol. The standard InChI is InChI=1S/C51H76O8/c1-8-15-21-27-54-45-32-38-39-33-46(55-28-22-16-9-2)48(57-30-24-18-11-4)35-41(39)43-37-50(59-44(26-20-13-6)51(52)53-14-7)49(58-31-25-19-12-5)36-42(43)40(38)34-47(45)56-29-23-17-10-3/h32-37,44H,8-31H2,1-7H3. The number of carbonyl (C=O) groups is 1. The van der Waals surface area contributed by atoms with E-state index in [1.807, 2.05) is 6.92 Å². The quantitative estimate of drug-likeness (QED) is 0.0274. The van der Waals surface area contributed by atoms with Gasteiger partial charge in [0.1, 0.15) is 0 Å². The molecule has 0 aliphatic rings. The number of unbranched alkanes of at least 4 members (excludes halogenated alkanes) is 11. The van der Waals surface area contributed by atoms with Gasteiger partial charge in [-0.05, 0) is 121 Å². The molecule has 0 aliphatic heterocycles. The van der Waals surface area contributed by atoms with Gasteiger partial charge >= 0.3 is 5.97 Å². The van der Waals surface area contributed by atoms with Crippen molar-refractivity contribution >= 4 is 38.3 Å². The van der Waals surface area contributed by atoms with Crippen LogP contribution in [-0.2, 0) is 9.53 Å². The fourth-order valence-corrected chi connectivity index (χ4v) is 7.35. The van der Waals surface area contributed by atoms with Crippen LogP contribution in [0.5, 0.6) is 34.5 Å². The van der Waals surface area contributed by atoms with Crippen molar-refractivity contribution in [2.24, 2.45) is 0 Å². The molecule has 0 heterocycles. The lowest BCUT2D eigenvalue weighted by Gasteiger charge is -2.22. The Morgan fingerprint density at radius 3 is 0.932 bits per heavy atom. The first-order valence-corrected chi connectivity index (χ1v) is 23.5. The number of hydrogen-bond donors (Lipinski definition) is 0. The number of benzene rings is 4. The summed E-state index contributed by atoms with van der Waals surface area (Å²) >= 11 is 0. The highest BCUT2D eigenvalue weighted by molar-refractivity contribution is 6.26. The molecule has 0 aliphatic carbocycles. The van der Waals surface area contributed by atoms with Crippen LogP contribution in [0, 0.1) is 0 Å². The zero-order valence-electron chi connectivity index (χ0n) is 37.8. The average molecular weight is 817 g/mol. The Kier molecular flexibility index (Phi) is 21.7. The lowest BCUT2D eigenvalue weighted by molar-refractivity contribution is -0.151. The molecule has 0 saturated carbocycles. The van der Waals surface area contributed by atoms with Gasteiger partial charge in [0.15, 0.2) is 40.6 Å². The maximum absolute atomic E-state index is 13.3. The number of ether oxygens (including phenoxy) is 7. The van der Waals surface area contributed by atoms with E-state index in [9.17, 15) is 4.79 Å². The van der Waals surface area contributed by atoms with Gasteiger partial charge in [-0.2, -0.15) is 0 Å². The summed E-state index contributed by atoms with van der Waals surface area (Å²) in [5.74, 6) is 3.74. The van der Waals surface area contributed by atoms with Crippen LogP contribution in [0.25, 0.3) is 32.3 Å². The Hall–Kier alpha value is -4.07. The number of rotatable bonds is 32. The van der Waals surface area contributed by atoms with Crippen LogP contribution < -0.4 is 28.4 Å². The van der Waals surface area contributed by atoms with E-state index in [1.54, 1.807) is 0 Å². The highest BCUT2D eigenvalue weighted by atomic mass is 16.6. The first-order chi connectivity index (χ1) is 28.9. The summed E-state index contributed by atoms with van der Waals surface area (Å²) in [5.41, 5.74) is 0. The molecule has 4 rings (SSSR count). The molecule has 0 amide bonds. The summed E-state index contributed by atoms with van der Waals surface area (Å²) < 4.78 is 45.0. The Labute approximate surface area is 355 Å². The minimum atomic E-state index is -0.756. The lowest BCUT2D eigenvalue weighted by atomic mass is 9.93. The zero-order chi connectivity index (χ0) is 42.2. The largest absolute Gasteiger partial charge is 0.490 e. The third-order valence-electron chi connectivity index (χ3n) is 10.8. The maximum Gasteiger partial charge on any atom is 0.347 e. The predicted octanol–water partition coefficient (Wildman–Crippen LogP) is 14.5. The molecule has 8 heteroatoms. The van der Waals surface area contributed by atoms with Crippen LogP contribution in [0.4, 0.5) is 0 Å². The molecule has 328 valence electrons. The van der Waals surface area contributed by atoms with Gasteiger partial charge < -0.3 is 33.2 Å². The third kappa shape index (κ3) is 14.3. The fraction of sp³-hybridized carbons (Fsp3) is 0.627. The molecule has 1 atom stereocenters. The smallest absolute Gasteiger partial charge is 0.347 e. The molecule has 4 aromatic rings. The van der Waals surface area contributed by atoms with Crippen molar-refractivity contribution in [1.82, 2.24) is 0 Å². The van der Waals surface area contributed by atoms with Crippen molar-refractivity contribution < 1.29 is 38.0 Å². The second-order valence-corrected chi connectivity index (χ2v) is 15.8. The van der Waals surface area contributed by atoms with Gasteiger partial charge in [-0.15, -0.1) is 0 Å². The van der Waals surface area contributed by atoms with E-state index < -0.39 is 6.10 Å². The lowest BCUT2D eigenvalue weighted by Crippen LogP contribution is -2.29. The number of fused-ring (bicyclic) bond motifs is 6. The molecule has 0 bridgehead atoms. The monoisotopic (exact) mass is 817 g/mol. The van der Waals surface area contributed by atoms with E-state index in [4.69, 9.17) is 33.2 Å². The fourth-order valence-electron chi connectivity index (χ4n) is 7.35. The minimum Gasteiger partial charge on any atom is -0.490 e. The van der Waals surface area contributed by atoms with Gasteiger partial charge in [0.25, 0.3) is 0 Å². The average Bonchev–Trinajstić information content (AvgIpc) is 3.24. The second-order valence-electron chi connectivity index (χ2n) is 15.8. The topological polar surface area (TPSA) is 81.7 Å². The highest BCUT2D eigenvalue weighted by Gasteiger charge is 2.25. The summed E-state index contributed by atoms with van der Waals surface area (Å²) in [6, 6.07) is 12.8. The van der Waals surface area contributed by atoms with Crippen LogP contribution in [0.15, 0.2) is 36.4 Å². The molecule has 0 N–H and O–H groups in total. The van der Waals surface area contributed by atoms with E-state index in [0.717, 1.165) is 164 Å². The molecule has 0 fully saturated rings. The van der Waals surface area contributed by atoms with Crippen LogP contribution in [-0.4, -0.2) is 51.7 Å². The van der Waals surface area contributed by atoms with Crippen molar-refractivity contribution in [3.05, 3.63) is 36.4 Å². The van der Waals surface area contributed by atoms with E-state index in [2.05, 4.69) is 77.9 Å². The number of carbonyl (C=O) groups excluding carboxylic acids is 1. The maximum atomic E-state index is 13.3. The van der Waals surface area contributed by atoms with Gasteiger partial charge in [-0.3, -0.25) is 0 Å². The molecule has 0 aromatic heterocycles. The molecule has 8 nitrogen and oxygen atoms in total. The van der Waals surface area contributed by atoms with Crippen molar-refractivity contribution in [2.45, 2.75) is 170 Å². The first kappa shape index (κ1) is 47.6. The van der Waals surface area contributed by atoms with E-state index in [1.165, 1.54) is 0 Å². The zero-order valence-corrected chi connectivity index (χ0v) is 37.8. The molecule has 0 radical (unpaired) electrons. The van der Waals surface area contributed by atoms with Crippen molar-refractivity contribution in [3.8, 4) is 34.5 Å². The summed E-state index contributed by atoms with van der Waals surface area (Å²) in [4.78, 5) is 13.3. The minimum absolute atomic E-state index is 0.288. The summed E-state index contributed by atoms with van der Waals surface area (Å²) in [5, 5.41) is 6.03. The number of hydrogen-bond acceptors (Lipinski definition) is 8. The van der Waals surface area contributed by atoms with E-state index >= 15 is 0 Å². The van der Waals surface area contributed by atoms with E-state index in [-0.39, 0.29) is 12.6 Å². The second kappa shape index (κ2) is 26.9. The van der Waals surface area contributed by atoms with Gasteiger partial charge in [0.2, 0.25) is 0 Å². The van der Waals surface area contributed by atoms with Crippen LogP contribution in [0.3, 0.4) is 0 Å². The molecule has 59 heavy (non-hydrogen) atoms. The van der Waals surface area contributed by atoms with Crippen molar-refractivity contribution in [3.63, 3.8) is 0 Å². The summed E-state index contributed by atoms with van der Waals surface area (Å²) in [7, 11) is 0. The molecule has 0 saturated heterocycles. The van der Waals surface area contributed by atoms with Crippen LogP contribution in [0.2, 0.25) is 0 Å². The predicted molar refractivity (Wildman–Crippen MR) is 245 cm³/mol. The normalized spacial score (nSPS) is 11.9. The van der Waals surface area contributed by atoms with Crippen molar-refractivity contribution in [2.75, 3.05) is 39.6 Å². The van der Waals surface area contributed by atoms with Crippen LogP contribution in [0.1, 0.15) is 164 Å². The van der Waals surface area contributed by atoms with Gasteiger partial charge in [-0.25, -0.2) is 4.79 Å². The molecule has 4 aromatic carbocycles. The Balaban J connectivity index is 2.07. The van der Waals surface area contributed by atoms with Gasteiger partial charge in [0, 0.05) is 0 Å². The summed E-state index contributed by atoms with van der Waals surface area (Å²) in [6.07, 6.45) is 17.4. The Morgan fingerprint density at radius 2 is 0.661 bits per heavy atom. The molecule has 0 spiro atoms. The van der Waals surface area contributed by atoms with E-state index in [0.29, 0.717) is 51.0 Å². The van der Waals surface area contributed by atoms with Crippen LogP contribution >= 0.6 is 0 Å². The third-order valence-corrected chi connectivity index (χ3v) is 10.8. The Morgan fingerprint density at radius 1 is 0.390 bits per heavy atom. The SMILES string of the molecule is CCCCCOc1cc2c3cc(OCCCCC)c(OCCCCC)cc3c3cc(OC(CCCC)C(=O)OCC)c(OCCCCC)cc3c2cc1OCCCCC. The summed E-state index contributed by atoms with van der Waals surface area (Å²) in [6.45, 7) is 18.2. The molecule has 1 unspecified atom stereocenters. The first-order valence-electron chi connectivity index (χ1n) is 23.5. The van der Waals surface area contributed by atoms with Crippen molar-refractivity contribution in [1.29, 1.82) is 0 Å². The molecular formula is C51H76O8. The Bertz CT molecular complexity index is 1790.